The summed E-state index contributed by atoms with van der Waals surface area (Å²) in [4.78, 5) is 14.7. The fourth-order valence-corrected chi connectivity index (χ4v) is 0.851. The van der Waals surface area contributed by atoms with Gasteiger partial charge in [0.2, 0.25) is 0 Å². The molecule has 0 aromatic carbocycles. The molecule has 9 heavy (non-hydrogen) atoms. The maximum atomic E-state index is 10.8. The predicted molar refractivity (Wildman–Crippen MR) is 31.9 cm³/mol. The molecule has 1 aliphatic heterocycles. The summed E-state index contributed by atoms with van der Waals surface area (Å²) in [5, 5.41) is 0. The molecular weight excluding hydrogens is 116 g/mol. The third-order valence-corrected chi connectivity index (χ3v) is 1.28. The third-order valence-electron chi connectivity index (χ3n) is 1.28. The molecule has 1 aliphatic rings. The quantitative estimate of drug-likeness (QED) is 0.501. The van der Waals surface area contributed by atoms with Gasteiger partial charge in [-0.05, 0) is 6.08 Å². The van der Waals surface area contributed by atoms with Crippen LogP contribution in [0.15, 0.2) is 18.5 Å². The first-order valence-corrected chi connectivity index (χ1v) is 2.64. The number of carbonyl (C=O) groups excluding carboxylic acids is 1. The molecule has 3 nitrogen and oxygen atoms in total. The molecule has 1 aromatic rings. The smallest absolute Gasteiger partial charge is 0.256 e. The van der Waals surface area contributed by atoms with E-state index in [2.05, 4.69) is 4.98 Å². The molecule has 0 saturated heterocycles. The lowest BCUT2D eigenvalue weighted by Gasteiger charge is -1.87. The Morgan fingerprint density at radius 3 is 3.11 bits per heavy atom. The predicted octanol–water partition coefficient (Wildman–Crippen LogP) is 0.550. The Balaban J connectivity index is 2.73. The van der Waals surface area contributed by atoms with Gasteiger partial charge in [-0.15, -0.1) is 0 Å². The molecule has 0 spiro atoms. The van der Waals surface area contributed by atoms with Crippen LogP contribution in [-0.4, -0.2) is 15.5 Å². The molecule has 0 N–H and O–H groups in total. The number of allylic oxidation sites excluding steroid dienone is 1. The molecule has 0 bridgehead atoms. The molecule has 2 rings (SSSR count). The highest BCUT2D eigenvalue weighted by atomic mass is 16.2. The maximum Gasteiger partial charge on any atom is 0.256 e. The van der Waals surface area contributed by atoms with Crippen LogP contribution in [-0.2, 0) is 0 Å². The molecule has 0 fully saturated rings. The number of hydrogen-bond acceptors (Lipinski definition) is 2. The van der Waals surface area contributed by atoms with E-state index in [0.717, 1.165) is 5.82 Å². The van der Waals surface area contributed by atoms with Crippen molar-refractivity contribution in [3.8, 4) is 0 Å². The fourth-order valence-electron chi connectivity index (χ4n) is 0.851. The highest BCUT2D eigenvalue weighted by Crippen LogP contribution is 2.07. The van der Waals surface area contributed by atoms with E-state index >= 15 is 0 Å². The molecule has 0 unspecified atom stereocenters. The fraction of sp³-hybridized carbons (Fsp3) is 0. The average molecular weight is 120 g/mol. The van der Waals surface area contributed by atoms with Gasteiger partial charge in [-0.25, -0.2) is 4.98 Å². The summed E-state index contributed by atoms with van der Waals surface area (Å²) in [6, 6.07) is 0. The lowest BCUT2D eigenvalue weighted by Crippen LogP contribution is -2.01. The van der Waals surface area contributed by atoms with Crippen molar-refractivity contribution in [2.75, 3.05) is 0 Å². The van der Waals surface area contributed by atoms with E-state index in [0.29, 0.717) is 0 Å². The van der Waals surface area contributed by atoms with Crippen LogP contribution in [0.2, 0.25) is 0 Å². The number of carbonyl (C=O) groups is 1. The van der Waals surface area contributed by atoms with Crippen LogP contribution in [0.5, 0.6) is 0 Å². The number of imidazole rings is 1. The van der Waals surface area contributed by atoms with Crippen molar-refractivity contribution in [1.82, 2.24) is 9.55 Å². The van der Waals surface area contributed by atoms with Crippen LogP contribution >= 0.6 is 0 Å². The second-order valence-electron chi connectivity index (χ2n) is 1.83. The van der Waals surface area contributed by atoms with Crippen molar-refractivity contribution in [3.63, 3.8) is 0 Å². The Kier molecular flexibility index (Phi) is 0.656. The van der Waals surface area contributed by atoms with E-state index in [4.69, 9.17) is 0 Å². The second-order valence-corrected chi connectivity index (χ2v) is 1.83. The lowest BCUT2D eigenvalue weighted by molar-refractivity contribution is 0.0974. The van der Waals surface area contributed by atoms with Crippen molar-refractivity contribution < 1.29 is 4.79 Å². The zero-order valence-corrected chi connectivity index (χ0v) is 4.61. The first-order valence-electron chi connectivity index (χ1n) is 2.64. The Bertz CT molecular complexity index is 285. The van der Waals surface area contributed by atoms with Gasteiger partial charge < -0.3 is 0 Å². The molecule has 1 aromatic heterocycles. The van der Waals surface area contributed by atoms with E-state index in [-0.39, 0.29) is 5.91 Å². The maximum absolute atomic E-state index is 10.8. The second kappa shape index (κ2) is 1.31. The zero-order chi connectivity index (χ0) is 6.27. The Morgan fingerprint density at radius 2 is 2.33 bits per heavy atom. The van der Waals surface area contributed by atoms with E-state index in [1.54, 1.807) is 18.5 Å². The van der Waals surface area contributed by atoms with Gasteiger partial charge in [-0.2, -0.15) is 0 Å². The minimum atomic E-state index is -0.0116. The molecule has 0 saturated carbocycles. The molecule has 0 aliphatic carbocycles. The van der Waals surface area contributed by atoms with E-state index in [1.807, 2.05) is 0 Å². The highest BCUT2D eigenvalue weighted by molar-refractivity contribution is 5.98. The van der Waals surface area contributed by atoms with Crippen molar-refractivity contribution in [2.24, 2.45) is 0 Å². The van der Waals surface area contributed by atoms with Crippen LogP contribution in [0.25, 0.3) is 6.08 Å². The van der Waals surface area contributed by atoms with Gasteiger partial charge in [0.25, 0.3) is 5.91 Å². The van der Waals surface area contributed by atoms with Crippen molar-refractivity contribution in [1.29, 1.82) is 0 Å². The Hall–Kier alpha value is -1.38. The van der Waals surface area contributed by atoms with Gasteiger partial charge in [0.1, 0.15) is 5.82 Å². The summed E-state index contributed by atoms with van der Waals surface area (Å²) in [5.41, 5.74) is 0. The molecule has 44 valence electrons. The van der Waals surface area contributed by atoms with Gasteiger partial charge in [0.15, 0.2) is 0 Å². The summed E-state index contributed by atoms with van der Waals surface area (Å²) < 4.78 is 1.50. The van der Waals surface area contributed by atoms with Crippen molar-refractivity contribution in [2.45, 2.75) is 0 Å². The van der Waals surface area contributed by atoms with Gasteiger partial charge in [0.05, 0.1) is 0 Å². The van der Waals surface area contributed by atoms with E-state index in [9.17, 15) is 4.79 Å². The Labute approximate surface area is 51.6 Å². The van der Waals surface area contributed by atoms with Crippen LogP contribution in [0.1, 0.15) is 10.6 Å². The standard InChI is InChI=1S/C6H4N2O/c9-6-2-1-5-7-3-4-8(5)6/h1-4H. The van der Waals surface area contributed by atoms with Crippen LogP contribution in [0.3, 0.4) is 0 Å². The Morgan fingerprint density at radius 1 is 1.44 bits per heavy atom. The largest absolute Gasteiger partial charge is 0.269 e. The number of hydrogen-bond donors (Lipinski definition) is 0. The molecule has 2 heterocycles. The summed E-state index contributed by atoms with van der Waals surface area (Å²) in [7, 11) is 0. The van der Waals surface area contributed by atoms with Crippen LogP contribution < -0.4 is 0 Å². The monoisotopic (exact) mass is 120 g/mol. The van der Waals surface area contributed by atoms with Gasteiger partial charge in [-0.1, -0.05) is 0 Å². The first-order chi connectivity index (χ1) is 4.38. The van der Waals surface area contributed by atoms with Crippen LogP contribution in [0.4, 0.5) is 0 Å². The van der Waals surface area contributed by atoms with Crippen molar-refractivity contribution in [3.05, 3.63) is 24.3 Å². The van der Waals surface area contributed by atoms with Gasteiger partial charge >= 0.3 is 0 Å². The minimum Gasteiger partial charge on any atom is -0.269 e. The number of rotatable bonds is 0. The molecule has 0 atom stereocenters. The summed E-state index contributed by atoms with van der Waals surface area (Å²) >= 11 is 0. The highest BCUT2D eigenvalue weighted by Gasteiger charge is 2.10. The number of fused-ring (bicyclic) bond motifs is 1. The summed E-state index contributed by atoms with van der Waals surface area (Å²) in [6.07, 6.45) is 6.46. The summed E-state index contributed by atoms with van der Waals surface area (Å²) in [5.74, 6) is 0.711. The normalized spacial score (nSPS) is 14.4. The first kappa shape index (κ1) is 4.49. The number of aromatic nitrogens is 2. The molecular formula is C6H4N2O. The van der Waals surface area contributed by atoms with E-state index in [1.165, 1.54) is 10.6 Å². The SMILES string of the molecule is O=C1C=Cc2nccn21. The summed E-state index contributed by atoms with van der Waals surface area (Å²) in [6.45, 7) is 0. The van der Waals surface area contributed by atoms with E-state index < -0.39 is 0 Å². The average Bonchev–Trinajstić information content (AvgIpc) is 2.35. The third kappa shape index (κ3) is 0.455. The minimum absolute atomic E-state index is 0.0116. The van der Waals surface area contributed by atoms with Gasteiger partial charge in [0, 0.05) is 18.5 Å². The molecule has 0 amide bonds. The zero-order valence-electron chi connectivity index (χ0n) is 4.61. The topological polar surface area (TPSA) is 34.9 Å². The van der Waals surface area contributed by atoms with Crippen LogP contribution in [0, 0.1) is 0 Å². The van der Waals surface area contributed by atoms with Gasteiger partial charge in [-0.3, -0.25) is 9.36 Å². The molecule has 3 heteroatoms. The molecule has 0 radical (unpaired) electrons. The van der Waals surface area contributed by atoms with Crippen molar-refractivity contribution >= 4 is 12.0 Å². The number of nitrogens with zero attached hydrogens (tertiary/aromatic N) is 2. The lowest BCUT2D eigenvalue weighted by atomic mass is 10.5.